The summed E-state index contributed by atoms with van der Waals surface area (Å²) in [5.41, 5.74) is 7.11. The van der Waals surface area contributed by atoms with Crippen LogP contribution in [0.15, 0.2) is 84.0 Å². The minimum atomic E-state index is -0.580. The van der Waals surface area contributed by atoms with Crippen molar-refractivity contribution in [2.45, 2.75) is 6.92 Å². The van der Waals surface area contributed by atoms with Crippen LogP contribution < -0.4 is 24.4 Å². The van der Waals surface area contributed by atoms with Crippen molar-refractivity contribution in [3.8, 4) is 34.1 Å². The first-order chi connectivity index (χ1) is 20.4. The van der Waals surface area contributed by atoms with Crippen molar-refractivity contribution in [2.75, 3.05) is 13.9 Å². The van der Waals surface area contributed by atoms with Crippen LogP contribution in [0.1, 0.15) is 32.0 Å². The number of hydrogen-bond acceptors (Lipinski definition) is 7. The fraction of sp³-hybridized carbons (Fsp3) is 0.0938. The van der Waals surface area contributed by atoms with Gasteiger partial charge in [-0.2, -0.15) is 5.10 Å². The van der Waals surface area contributed by atoms with Crippen molar-refractivity contribution >= 4 is 40.6 Å². The first-order valence-electron chi connectivity index (χ1n) is 12.9. The number of aryl methyl sites for hydroxylation is 1. The predicted molar refractivity (Wildman–Crippen MR) is 159 cm³/mol. The summed E-state index contributed by atoms with van der Waals surface area (Å²) < 4.78 is 21.6. The monoisotopic (exact) mass is 581 g/mol. The lowest BCUT2D eigenvalue weighted by molar-refractivity contribution is 0.0729. The summed E-state index contributed by atoms with van der Waals surface area (Å²) >= 11 is 6.52. The van der Waals surface area contributed by atoms with Crippen LogP contribution in [-0.2, 0) is 0 Å². The minimum Gasteiger partial charge on any atom is -0.493 e. The fourth-order valence-corrected chi connectivity index (χ4v) is 4.96. The standard InChI is InChI=1S/C32H24ClN3O6/c1-18-6-5-8-22-28(21-7-3-4-9-23(21)33)30(35-29(18)22)31(37)36-34-16-19-10-12-25(26(14-19)39-2)42-32(38)20-11-13-24-27(15-20)41-17-40-24/h3-16,35H,17H2,1-2H3,(H,36,37). The third kappa shape index (κ3) is 5.13. The van der Waals surface area contributed by atoms with E-state index >= 15 is 0 Å². The maximum absolute atomic E-state index is 13.3. The molecule has 4 aromatic carbocycles. The van der Waals surface area contributed by atoms with E-state index in [0.717, 1.165) is 22.0 Å². The summed E-state index contributed by atoms with van der Waals surface area (Å²) in [4.78, 5) is 29.3. The molecule has 0 unspecified atom stereocenters. The molecule has 42 heavy (non-hydrogen) atoms. The molecule has 0 saturated carbocycles. The number of nitrogens with one attached hydrogen (secondary N) is 2. The van der Waals surface area contributed by atoms with Crippen LogP contribution in [0.25, 0.3) is 22.0 Å². The Bertz CT molecular complexity index is 1880. The van der Waals surface area contributed by atoms with Crippen LogP contribution in [0.4, 0.5) is 0 Å². The third-order valence-electron chi connectivity index (χ3n) is 6.79. The van der Waals surface area contributed by atoms with Crippen LogP contribution in [0.3, 0.4) is 0 Å². The van der Waals surface area contributed by atoms with E-state index in [9.17, 15) is 9.59 Å². The molecule has 0 atom stereocenters. The second-order valence-corrected chi connectivity index (χ2v) is 9.83. The van der Waals surface area contributed by atoms with E-state index in [-0.39, 0.29) is 12.5 Å². The van der Waals surface area contributed by atoms with E-state index in [4.69, 9.17) is 30.5 Å². The van der Waals surface area contributed by atoms with Gasteiger partial charge in [0, 0.05) is 27.1 Å². The Morgan fingerprint density at radius 3 is 2.64 bits per heavy atom. The van der Waals surface area contributed by atoms with Crippen molar-refractivity contribution in [3.63, 3.8) is 0 Å². The molecule has 9 nitrogen and oxygen atoms in total. The molecular formula is C32H24ClN3O6. The van der Waals surface area contributed by atoms with Gasteiger partial charge in [-0.1, -0.05) is 48.0 Å². The van der Waals surface area contributed by atoms with Crippen LogP contribution in [-0.4, -0.2) is 37.0 Å². The molecule has 0 aliphatic carbocycles. The van der Waals surface area contributed by atoms with E-state index in [1.165, 1.54) is 13.3 Å². The highest BCUT2D eigenvalue weighted by Crippen LogP contribution is 2.38. The number of hydrazone groups is 1. The zero-order valence-corrected chi connectivity index (χ0v) is 23.3. The molecule has 6 rings (SSSR count). The molecule has 0 fully saturated rings. The van der Waals surface area contributed by atoms with Crippen molar-refractivity contribution < 1.29 is 28.5 Å². The third-order valence-corrected chi connectivity index (χ3v) is 7.12. The summed E-state index contributed by atoms with van der Waals surface area (Å²) in [7, 11) is 1.46. The summed E-state index contributed by atoms with van der Waals surface area (Å²) in [5.74, 6) is 0.568. The number of rotatable bonds is 7. The predicted octanol–water partition coefficient (Wildman–Crippen LogP) is 6.52. The van der Waals surface area contributed by atoms with Crippen LogP contribution in [0.5, 0.6) is 23.0 Å². The Kier molecular flexibility index (Phi) is 7.24. The number of methoxy groups -OCH3 is 1. The van der Waals surface area contributed by atoms with E-state index in [1.54, 1.807) is 42.5 Å². The van der Waals surface area contributed by atoms with E-state index in [2.05, 4.69) is 15.5 Å². The molecule has 5 aromatic rings. The number of aromatic amines is 1. The van der Waals surface area contributed by atoms with E-state index in [0.29, 0.717) is 44.7 Å². The molecule has 0 saturated heterocycles. The van der Waals surface area contributed by atoms with Crippen molar-refractivity contribution in [3.05, 3.63) is 106 Å². The number of ether oxygens (including phenoxy) is 4. The van der Waals surface area contributed by atoms with E-state index < -0.39 is 11.9 Å². The number of H-pyrrole nitrogens is 1. The van der Waals surface area contributed by atoms with Crippen LogP contribution in [0.2, 0.25) is 5.02 Å². The molecule has 1 amide bonds. The number of fused-ring (bicyclic) bond motifs is 2. The van der Waals surface area contributed by atoms with Gasteiger partial charge in [-0.05, 0) is 60.5 Å². The number of carbonyl (C=O) groups is 2. The number of nitrogens with zero attached hydrogens (tertiary/aromatic N) is 1. The van der Waals surface area contributed by atoms with Gasteiger partial charge in [-0.15, -0.1) is 0 Å². The SMILES string of the molecule is COc1cc(C=NNC(=O)c2[nH]c3c(C)cccc3c2-c2ccccc2Cl)ccc1OC(=O)c1ccc2c(c1)OCO2. The molecule has 1 aliphatic heterocycles. The smallest absolute Gasteiger partial charge is 0.343 e. The van der Waals surface area contributed by atoms with Crippen molar-refractivity contribution in [1.82, 2.24) is 10.4 Å². The van der Waals surface area contributed by atoms with Gasteiger partial charge in [0.05, 0.1) is 18.9 Å². The average Bonchev–Trinajstić information content (AvgIpc) is 3.63. The highest BCUT2D eigenvalue weighted by molar-refractivity contribution is 6.34. The largest absolute Gasteiger partial charge is 0.493 e. The zero-order chi connectivity index (χ0) is 29.2. The second-order valence-electron chi connectivity index (χ2n) is 9.42. The Balaban J connectivity index is 1.21. The lowest BCUT2D eigenvalue weighted by Crippen LogP contribution is -2.19. The molecule has 1 aromatic heterocycles. The van der Waals surface area contributed by atoms with Gasteiger partial charge in [-0.25, -0.2) is 10.2 Å². The van der Waals surface area contributed by atoms with Crippen LogP contribution >= 0.6 is 11.6 Å². The maximum Gasteiger partial charge on any atom is 0.343 e. The Morgan fingerprint density at radius 1 is 0.976 bits per heavy atom. The number of aromatic nitrogens is 1. The molecule has 0 bridgehead atoms. The average molecular weight is 582 g/mol. The van der Waals surface area contributed by atoms with Crippen molar-refractivity contribution in [1.29, 1.82) is 0 Å². The van der Waals surface area contributed by atoms with Gasteiger partial charge in [-0.3, -0.25) is 4.79 Å². The topological polar surface area (TPSA) is 111 Å². The molecule has 1 aliphatic rings. The lowest BCUT2D eigenvalue weighted by atomic mass is 10.0. The first-order valence-corrected chi connectivity index (χ1v) is 13.3. The second kappa shape index (κ2) is 11.3. The molecule has 0 spiro atoms. The Morgan fingerprint density at radius 2 is 1.81 bits per heavy atom. The molecule has 210 valence electrons. The summed E-state index contributed by atoms with van der Waals surface area (Å²) in [5, 5.41) is 5.56. The fourth-order valence-electron chi connectivity index (χ4n) is 4.73. The van der Waals surface area contributed by atoms with Crippen molar-refractivity contribution in [2.24, 2.45) is 5.10 Å². The summed E-state index contributed by atoms with van der Waals surface area (Å²) in [6.45, 7) is 2.08. The number of esters is 1. The first kappa shape index (κ1) is 26.9. The maximum atomic E-state index is 13.3. The minimum absolute atomic E-state index is 0.106. The quantitative estimate of drug-likeness (QED) is 0.0980. The Hall–Kier alpha value is -5.28. The molecule has 2 N–H and O–H groups in total. The molecular weight excluding hydrogens is 558 g/mol. The number of halogens is 1. The zero-order valence-electron chi connectivity index (χ0n) is 22.6. The Labute approximate surface area is 245 Å². The number of amides is 1. The van der Waals surface area contributed by atoms with Gasteiger partial charge in [0.25, 0.3) is 5.91 Å². The lowest BCUT2D eigenvalue weighted by Gasteiger charge is -2.10. The van der Waals surface area contributed by atoms with Crippen LogP contribution in [0, 0.1) is 6.92 Å². The van der Waals surface area contributed by atoms with Gasteiger partial charge >= 0.3 is 5.97 Å². The number of hydrogen-bond donors (Lipinski definition) is 2. The van der Waals surface area contributed by atoms with E-state index in [1.807, 2.05) is 43.3 Å². The van der Waals surface area contributed by atoms with Gasteiger partial charge in [0.2, 0.25) is 6.79 Å². The summed E-state index contributed by atoms with van der Waals surface area (Å²) in [6.07, 6.45) is 1.47. The normalized spacial score (nSPS) is 12.1. The molecule has 0 radical (unpaired) electrons. The number of benzene rings is 4. The number of para-hydroxylation sites is 1. The summed E-state index contributed by atoms with van der Waals surface area (Å²) in [6, 6.07) is 23.0. The van der Waals surface area contributed by atoms with Gasteiger partial charge in [0.1, 0.15) is 5.69 Å². The highest BCUT2D eigenvalue weighted by Gasteiger charge is 2.22. The van der Waals surface area contributed by atoms with Gasteiger partial charge < -0.3 is 23.9 Å². The number of carbonyl (C=O) groups excluding carboxylic acids is 2. The highest BCUT2D eigenvalue weighted by atomic mass is 35.5. The molecule has 10 heteroatoms. The molecule has 2 heterocycles. The van der Waals surface area contributed by atoms with Gasteiger partial charge in [0.15, 0.2) is 23.0 Å².